The van der Waals surface area contributed by atoms with E-state index in [1.54, 1.807) is 9.36 Å². The summed E-state index contributed by atoms with van der Waals surface area (Å²) in [6.45, 7) is 8.53. The molecule has 0 fully saturated rings. The van der Waals surface area contributed by atoms with Crippen molar-refractivity contribution in [3.05, 3.63) is 28.3 Å². The van der Waals surface area contributed by atoms with Gasteiger partial charge in [0.15, 0.2) is 0 Å². The third-order valence-electron chi connectivity index (χ3n) is 3.02. The zero-order chi connectivity index (χ0) is 14.7. The van der Waals surface area contributed by atoms with Crippen molar-refractivity contribution >= 4 is 11.6 Å². The van der Waals surface area contributed by atoms with Crippen molar-refractivity contribution in [2.24, 2.45) is 13.0 Å². The molecule has 0 atom stereocenters. The fourth-order valence-corrected chi connectivity index (χ4v) is 2.21. The average Bonchev–Trinajstić information content (AvgIpc) is 2.90. The van der Waals surface area contributed by atoms with Gasteiger partial charge < -0.3 is 5.32 Å². The Kier molecular flexibility index (Phi) is 4.77. The maximum Gasteiger partial charge on any atom is 0.0964 e. The Balaban J connectivity index is 1.99. The molecule has 0 spiro atoms. The number of hydrogen-bond acceptors (Lipinski definition) is 4. The van der Waals surface area contributed by atoms with Crippen LogP contribution in [0.4, 0.5) is 0 Å². The van der Waals surface area contributed by atoms with Crippen LogP contribution in [0.2, 0.25) is 5.02 Å². The largest absolute Gasteiger partial charge is 0.311 e. The van der Waals surface area contributed by atoms with E-state index < -0.39 is 0 Å². The van der Waals surface area contributed by atoms with E-state index in [1.807, 2.05) is 20.2 Å². The maximum absolute atomic E-state index is 6.23. The molecule has 0 saturated carbocycles. The topological polar surface area (TPSA) is 60.6 Å². The molecule has 0 unspecified atom stereocenters. The highest BCUT2D eigenvalue weighted by molar-refractivity contribution is 6.31. The number of aryl methyl sites for hydroxylation is 2. The van der Waals surface area contributed by atoms with E-state index in [-0.39, 0.29) is 0 Å². The molecule has 2 rings (SSSR count). The third kappa shape index (κ3) is 3.58. The van der Waals surface area contributed by atoms with Crippen LogP contribution in [0.3, 0.4) is 0 Å². The highest BCUT2D eigenvalue weighted by atomic mass is 35.5. The summed E-state index contributed by atoms with van der Waals surface area (Å²) in [6, 6.07) is 0. The summed E-state index contributed by atoms with van der Waals surface area (Å²) in [5.41, 5.74) is 2.71. The number of hydrogen-bond donors (Lipinski definition) is 1. The average molecular weight is 297 g/mol. The quantitative estimate of drug-likeness (QED) is 0.882. The molecule has 0 aliphatic carbocycles. The van der Waals surface area contributed by atoms with Crippen LogP contribution < -0.4 is 5.32 Å². The number of halogens is 1. The molecular formula is C13H21ClN6. The SMILES string of the molecule is Cc1nn(C)c(Cn2cc(CNCC(C)C)nn2)c1Cl. The highest BCUT2D eigenvalue weighted by Gasteiger charge is 2.12. The van der Waals surface area contributed by atoms with Gasteiger partial charge in [0.05, 0.1) is 34.8 Å². The summed E-state index contributed by atoms with van der Waals surface area (Å²) in [5.74, 6) is 0.626. The molecule has 0 bridgehead atoms. The van der Waals surface area contributed by atoms with Crippen molar-refractivity contribution in [3.63, 3.8) is 0 Å². The first-order valence-electron chi connectivity index (χ1n) is 6.75. The van der Waals surface area contributed by atoms with Crippen LogP contribution in [0.15, 0.2) is 6.20 Å². The molecule has 0 aromatic carbocycles. The zero-order valence-corrected chi connectivity index (χ0v) is 13.1. The molecule has 7 heteroatoms. The molecule has 2 aromatic heterocycles. The van der Waals surface area contributed by atoms with E-state index in [9.17, 15) is 0 Å². The number of rotatable bonds is 6. The van der Waals surface area contributed by atoms with Gasteiger partial charge in [-0.3, -0.25) is 4.68 Å². The van der Waals surface area contributed by atoms with Gasteiger partial charge in [0.2, 0.25) is 0 Å². The van der Waals surface area contributed by atoms with E-state index >= 15 is 0 Å². The summed E-state index contributed by atoms with van der Waals surface area (Å²) in [5, 5.41) is 16.6. The molecule has 0 radical (unpaired) electrons. The van der Waals surface area contributed by atoms with Crippen LogP contribution in [-0.4, -0.2) is 31.3 Å². The Bertz CT molecular complexity index is 571. The summed E-state index contributed by atoms with van der Waals surface area (Å²) >= 11 is 6.23. The second-order valence-corrected chi connectivity index (χ2v) is 5.78. The molecule has 2 aromatic rings. The van der Waals surface area contributed by atoms with Gasteiger partial charge in [0.1, 0.15) is 0 Å². The normalized spacial score (nSPS) is 11.5. The molecular weight excluding hydrogens is 276 g/mol. The maximum atomic E-state index is 6.23. The van der Waals surface area contributed by atoms with Crippen molar-refractivity contribution in [1.29, 1.82) is 0 Å². The van der Waals surface area contributed by atoms with E-state index in [4.69, 9.17) is 11.6 Å². The molecule has 6 nitrogen and oxygen atoms in total. The van der Waals surface area contributed by atoms with Gasteiger partial charge in [0, 0.05) is 13.6 Å². The number of nitrogens with one attached hydrogen (secondary N) is 1. The Morgan fingerprint density at radius 2 is 2.15 bits per heavy atom. The molecule has 20 heavy (non-hydrogen) atoms. The third-order valence-corrected chi connectivity index (χ3v) is 3.51. The van der Waals surface area contributed by atoms with E-state index in [1.165, 1.54) is 0 Å². The van der Waals surface area contributed by atoms with Crippen molar-refractivity contribution in [3.8, 4) is 0 Å². The first-order chi connectivity index (χ1) is 9.47. The molecule has 0 saturated heterocycles. The molecule has 110 valence electrons. The molecule has 0 aliphatic rings. The minimum Gasteiger partial charge on any atom is -0.311 e. The van der Waals surface area contributed by atoms with Crippen molar-refractivity contribution < 1.29 is 0 Å². The first kappa shape index (κ1) is 15.0. The van der Waals surface area contributed by atoms with Crippen LogP contribution in [0.5, 0.6) is 0 Å². The van der Waals surface area contributed by atoms with E-state index in [2.05, 4.69) is 34.6 Å². The fourth-order valence-electron chi connectivity index (χ4n) is 1.99. The zero-order valence-electron chi connectivity index (χ0n) is 12.4. The smallest absolute Gasteiger partial charge is 0.0964 e. The predicted molar refractivity (Wildman–Crippen MR) is 78.6 cm³/mol. The van der Waals surface area contributed by atoms with Crippen LogP contribution in [0.1, 0.15) is 30.9 Å². The summed E-state index contributed by atoms with van der Waals surface area (Å²) < 4.78 is 3.57. The lowest BCUT2D eigenvalue weighted by molar-refractivity contribution is 0.548. The van der Waals surface area contributed by atoms with Gasteiger partial charge in [-0.25, -0.2) is 4.68 Å². The first-order valence-corrected chi connectivity index (χ1v) is 7.13. The lowest BCUT2D eigenvalue weighted by Crippen LogP contribution is -2.19. The van der Waals surface area contributed by atoms with Crippen molar-refractivity contribution in [1.82, 2.24) is 30.1 Å². The van der Waals surface area contributed by atoms with Crippen LogP contribution in [0, 0.1) is 12.8 Å². The Morgan fingerprint density at radius 3 is 2.75 bits per heavy atom. The highest BCUT2D eigenvalue weighted by Crippen LogP contribution is 2.19. The lowest BCUT2D eigenvalue weighted by Gasteiger charge is -2.04. The molecule has 0 aliphatic heterocycles. The number of nitrogens with zero attached hydrogens (tertiary/aromatic N) is 5. The Labute approximate surface area is 124 Å². The minimum atomic E-state index is 0.577. The van der Waals surface area contributed by atoms with Gasteiger partial charge in [-0.05, 0) is 19.4 Å². The van der Waals surface area contributed by atoms with Gasteiger partial charge in [-0.15, -0.1) is 5.10 Å². The summed E-state index contributed by atoms with van der Waals surface area (Å²) in [7, 11) is 1.89. The minimum absolute atomic E-state index is 0.577. The van der Waals surface area contributed by atoms with Gasteiger partial charge >= 0.3 is 0 Å². The second kappa shape index (κ2) is 6.37. The monoisotopic (exact) mass is 296 g/mol. The Hall–Kier alpha value is -1.40. The van der Waals surface area contributed by atoms with Crippen LogP contribution in [0.25, 0.3) is 0 Å². The van der Waals surface area contributed by atoms with E-state index in [0.29, 0.717) is 17.5 Å². The molecule has 1 N–H and O–H groups in total. The van der Waals surface area contributed by atoms with Crippen molar-refractivity contribution in [2.75, 3.05) is 6.54 Å². The Morgan fingerprint density at radius 1 is 1.40 bits per heavy atom. The fraction of sp³-hybridized carbons (Fsp3) is 0.615. The predicted octanol–water partition coefficient (Wildman–Crippen LogP) is 1.77. The van der Waals surface area contributed by atoms with Gasteiger partial charge in [0.25, 0.3) is 0 Å². The lowest BCUT2D eigenvalue weighted by atomic mass is 10.2. The number of aromatic nitrogens is 5. The van der Waals surface area contributed by atoms with E-state index in [0.717, 1.165) is 30.2 Å². The van der Waals surface area contributed by atoms with Crippen LogP contribution in [-0.2, 0) is 20.1 Å². The molecule has 0 amide bonds. The van der Waals surface area contributed by atoms with Gasteiger partial charge in [-0.1, -0.05) is 30.7 Å². The summed E-state index contributed by atoms with van der Waals surface area (Å²) in [6.07, 6.45) is 1.94. The molecule has 2 heterocycles. The second-order valence-electron chi connectivity index (χ2n) is 5.40. The van der Waals surface area contributed by atoms with Gasteiger partial charge in [-0.2, -0.15) is 5.10 Å². The van der Waals surface area contributed by atoms with Crippen molar-refractivity contribution in [2.45, 2.75) is 33.9 Å². The van der Waals surface area contributed by atoms with Crippen LogP contribution >= 0.6 is 11.6 Å². The summed E-state index contributed by atoms with van der Waals surface area (Å²) in [4.78, 5) is 0. The standard InChI is InChI=1S/C13H21ClN6/c1-9(2)5-15-6-11-7-20(18-16-11)8-12-13(14)10(3)17-19(12)4/h7,9,15H,5-6,8H2,1-4H3.